The van der Waals surface area contributed by atoms with Crippen molar-refractivity contribution in [3.05, 3.63) is 70.2 Å². The Bertz CT molecular complexity index is 684. The average Bonchev–Trinajstić information content (AvgIpc) is 2.55. The monoisotopic (exact) mass is 389 g/mol. The van der Waals surface area contributed by atoms with E-state index in [1.165, 1.54) is 0 Å². The average molecular weight is 390 g/mol. The van der Waals surface area contributed by atoms with Gasteiger partial charge in [0, 0.05) is 10.0 Å². The first-order valence-corrected chi connectivity index (χ1v) is 8.56. The van der Waals surface area contributed by atoms with Crippen LogP contribution in [-0.2, 0) is 9.53 Å². The highest BCUT2D eigenvalue weighted by Crippen LogP contribution is 2.19. The van der Waals surface area contributed by atoms with Crippen LogP contribution in [0.1, 0.15) is 42.2 Å². The second-order valence-corrected chi connectivity index (χ2v) is 6.60. The third-order valence-electron chi connectivity index (χ3n) is 3.35. The van der Waals surface area contributed by atoms with Gasteiger partial charge in [0.05, 0.1) is 18.6 Å². The highest BCUT2D eigenvalue weighted by molar-refractivity contribution is 9.10. The largest absolute Gasteiger partial charge is 0.463 e. The standard InChI is InChI=1S/C19H20BrNO3/c1-13(2)24-18(22)12-17(14-6-4-3-5-7-14)21-19(23)15-8-10-16(20)11-9-15/h3-11,13,17H,12H2,1-2H3,(H,21,23). The molecule has 5 heteroatoms. The molecule has 0 aromatic heterocycles. The van der Waals surface area contributed by atoms with Crippen molar-refractivity contribution in [3.63, 3.8) is 0 Å². The lowest BCUT2D eigenvalue weighted by molar-refractivity contribution is -0.147. The highest BCUT2D eigenvalue weighted by Gasteiger charge is 2.20. The topological polar surface area (TPSA) is 55.4 Å². The minimum Gasteiger partial charge on any atom is -0.463 e. The lowest BCUT2D eigenvalue weighted by atomic mass is 10.0. The van der Waals surface area contributed by atoms with E-state index in [-0.39, 0.29) is 24.4 Å². The first kappa shape index (κ1) is 18.2. The van der Waals surface area contributed by atoms with Crippen LogP contribution in [0.4, 0.5) is 0 Å². The molecule has 0 heterocycles. The number of nitrogens with one attached hydrogen (secondary N) is 1. The second kappa shape index (κ2) is 8.64. The summed E-state index contributed by atoms with van der Waals surface area (Å²) in [4.78, 5) is 24.5. The van der Waals surface area contributed by atoms with Gasteiger partial charge in [-0.1, -0.05) is 46.3 Å². The molecule has 2 rings (SSSR count). The van der Waals surface area contributed by atoms with E-state index in [4.69, 9.17) is 4.74 Å². The Morgan fingerprint density at radius 3 is 2.25 bits per heavy atom. The molecule has 1 atom stereocenters. The maximum absolute atomic E-state index is 12.5. The van der Waals surface area contributed by atoms with Crippen LogP contribution in [0.25, 0.3) is 0 Å². The van der Waals surface area contributed by atoms with Gasteiger partial charge < -0.3 is 10.1 Å². The molecule has 1 unspecified atom stereocenters. The number of hydrogen-bond acceptors (Lipinski definition) is 3. The first-order chi connectivity index (χ1) is 11.5. The van der Waals surface area contributed by atoms with Crippen LogP contribution in [0.5, 0.6) is 0 Å². The number of hydrogen-bond donors (Lipinski definition) is 1. The Morgan fingerprint density at radius 1 is 1.04 bits per heavy atom. The van der Waals surface area contributed by atoms with Crippen molar-refractivity contribution in [1.29, 1.82) is 0 Å². The number of halogens is 1. The molecule has 4 nitrogen and oxygen atoms in total. The molecule has 1 N–H and O–H groups in total. The van der Waals surface area contributed by atoms with Crippen molar-refractivity contribution >= 4 is 27.8 Å². The van der Waals surface area contributed by atoms with Crippen LogP contribution in [0, 0.1) is 0 Å². The molecule has 0 spiro atoms. The molecule has 0 fully saturated rings. The number of carbonyl (C=O) groups excluding carboxylic acids is 2. The van der Waals surface area contributed by atoms with E-state index in [1.807, 2.05) is 30.3 Å². The van der Waals surface area contributed by atoms with Gasteiger partial charge in [0.1, 0.15) is 0 Å². The Morgan fingerprint density at radius 2 is 1.67 bits per heavy atom. The molecule has 0 aliphatic heterocycles. The predicted molar refractivity (Wildman–Crippen MR) is 96.6 cm³/mol. The smallest absolute Gasteiger partial charge is 0.308 e. The summed E-state index contributed by atoms with van der Waals surface area (Å²) in [6.07, 6.45) is -0.0964. The first-order valence-electron chi connectivity index (χ1n) is 7.76. The van der Waals surface area contributed by atoms with Crippen molar-refractivity contribution < 1.29 is 14.3 Å². The summed E-state index contributed by atoms with van der Waals surface area (Å²) < 4.78 is 6.11. The summed E-state index contributed by atoms with van der Waals surface area (Å²) in [7, 11) is 0. The second-order valence-electron chi connectivity index (χ2n) is 5.69. The maximum Gasteiger partial charge on any atom is 0.308 e. The quantitative estimate of drug-likeness (QED) is 0.750. The number of benzene rings is 2. The number of ether oxygens (including phenoxy) is 1. The third kappa shape index (κ3) is 5.49. The fourth-order valence-electron chi connectivity index (χ4n) is 2.26. The Hall–Kier alpha value is -2.14. The normalized spacial score (nSPS) is 11.8. The minimum absolute atomic E-state index is 0.0878. The summed E-state index contributed by atoms with van der Waals surface area (Å²) in [6.45, 7) is 3.60. The zero-order valence-corrected chi connectivity index (χ0v) is 15.2. The molecule has 24 heavy (non-hydrogen) atoms. The molecule has 0 bridgehead atoms. The van der Waals surface area contributed by atoms with Crippen molar-refractivity contribution in [2.45, 2.75) is 32.4 Å². The van der Waals surface area contributed by atoms with Gasteiger partial charge in [-0.05, 0) is 43.7 Å². The van der Waals surface area contributed by atoms with E-state index in [0.717, 1.165) is 10.0 Å². The Kier molecular flexibility index (Phi) is 6.55. The number of carbonyl (C=O) groups is 2. The van der Waals surface area contributed by atoms with Gasteiger partial charge in [-0.15, -0.1) is 0 Å². The number of esters is 1. The van der Waals surface area contributed by atoms with Crippen molar-refractivity contribution in [3.8, 4) is 0 Å². The van der Waals surface area contributed by atoms with E-state index < -0.39 is 6.04 Å². The Balaban J connectivity index is 2.15. The predicted octanol–water partition coefficient (Wildman–Crippen LogP) is 4.26. The number of rotatable bonds is 6. The van der Waals surface area contributed by atoms with Gasteiger partial charge in [-0.25, -0.2) is 0 Å². The van der Waals surface area contributed by atoms with Gasteiger partial charge in [0.2, 0.25) is 0 Å². The van der Waals surface area contributed by atoms with Gasteiger partial charge in [-0.2, -0.15) is 0 Å². The van der Waals surface area contributed by atoms with Gasteiger partial charge >= 0.3 is 5.97 Å². The molecule has 2 aromatic rings. The maximum atomic E-state index is 12.5. The van der Waals surface area contributed by atoms with Crippen LogP contribution in [0.15, 0.2) is 59.1 Å². The molecule has 126 valence electrons. The van der Waals surface area contributed by atoms with Crippen LogP contribution >= 0.6 is 15.9 Å². The molecule has 0 aliphatic rings. The molecule has 1 amide bonds. The number of amides is 1. The molecule has 0 saturated carbocycles. The zero-order valence-electron chi connectivity index (χ0n) is 13.7. The van der Waals surface area contributed by atoms with Crippen LogP contribution in [0.2, 0.25) is 0 Å². The molecule has 2 aromatic carbocycles. The summed E-state index contributed by atoms with van der Waals surface area (Å²) in [5.41, 5.74) is 1.40. The van der Waals surface area contributed by atoms with E-state index >= 15 is 0 Å². The minimum atomic E-state index is -0.436. The zero-order chi connectivity index (χ0) is 17.5. The lowest BCUT2D eigenvalue weighted by Gasteiger charge is -2.19. The molecule has 0 radical (unpaired) electrons. The van der Waals surface area contributed by atoms with Crippen molar-refractivity contribution in [1.82, 2.24) is 5.32 Å². The summed E-state index contributed by atoms with van der Waals surface area (Å²) >= 11 is 3.34. The molecule has 0 saturated heterocycles. The van der Waals surface area contributed by atoms with Crippen molar-refractivity contribution in [2.24, 2.45) is 0 Å². The van der Waals surface area contributed by atoms with E-state index in [9.17, 15) is 9.59 Å². The molecular formula is C19H20BrNO3. The van der Waals surface area contributed by atoms with E-state index in [1.54, 1.807) is 38.1 Å². The SMILES string of the molecule is CC(C)OC(=O)CC(NC(=O)c1ccc(Br)cc1)c1ccccc1. The van der Waals surface area contributed by atoms with Crippen LogP contribution in [-0.4, -0.2) is 18.0 Å². The van der Waals surface area contributed by atoms with E-state index in [0.29, 0.717) is 5.56 Å². The van der Waals surface area contributed by atoms with Crippen LogP contribution < -0.4 is 5.32 Å². The van der Waals surface area contributed by atoms with Gasteiger partial charge in [0.15, 0.2) is 0 Å². The molecular weight excluding hydrogens is 370 g/mol. The van der Waals surface area contributed by atoms with Crippen LogP contribution in [0.3, 0.4) is 0 Å². The Labute approximate surface area is 150 Å². The fraction of sp³-hybridized carbons (Fsp3) is 0.263. The highest BCUT2D eigenvalue weighted by atomic mass is 79.9. The fourth-order valence-corrected chi connectivity index (χ4v) is 2.52. The molecule has 0 aliphatic carbocycles. The van der Waals surface area contributed by atoms with E-state index in [2.05, 4.69) is 21.2 Å². The van der Waals surface area contributed by atoms with Gasteiger partial charge in [0.25, 0.3) is 5.91 Å². The third-order valence-corrected chi connectivity index (χ3v) is 3.88. The van der Waals surface area contributed by atoms with Crippen molar-refractivity contribution in [2.75, 3.05) is 0 Å². The lowest BCUT2D eigenvalue weighted by Crippen LogP contribution is -2.31. The summed E-state index contributed by atoms with van der Waals surface area (Å²) in [6, 6.07) is 16.0. The summed E-state index contributed by atoms with van der Waals surface area (Å²) in [5.74, 6) is -0.566. The summed E-state index contributed by atoms with van der Waals surface area (Å²) in [5, 5.41) is 2.92. The van der Waals surface area contributed by atoms with Gasteiger partial charge in [-0.3, -0.25) is 9.59 Å².